The Bertz CT molecular complexity index is 1410. The minimum Gasteiger partial charge on any atom is -0.444 e. The molecule has 0 fully saturated rings. The molecule has 3 aromatic rings. The van der Waals surface area contributed by atoms with Crippen LogP contribution in [-0.2, 0) is 9.47 Å². The molecule has 0 aliphatic heterocycles. The molecule has 1 aromatic heterocycles. The van der Waals surface area contributed by atoms with Gasteiger partial charge in [0.2, 0.25) is 0 Å². The molecule has 3 rings (SSSR count). The van der Waals surface area contributed by atoms with Crippen molar-refractivity contribution in [3.8, 4) is 11.1 Å². The van der Waals surface area contributed by atoms with Gasteiger partial charge in [-0.3, -0.25) is 15.1 Å². The van der Waals surface area contributed by atoms with Crippen LogP contribution in [0.5, 0.6) is 0 Å². The molecule has 0 atom stereocenters. The number of nitrogens with one attached hydrogen (secondary N) is 3. The zero-order valence-corrected chi connectivity index (χ0v) is 27.5. The van der Waals surface area contributed by atoms with E-state index >= 15 is 0 Å². The highest BCUT2D eigenvalue weighted by atomic mass is 16.6. The van der Waals surface area contributed by atoms with Crippen LogP contribution in [0.3, 0.4) is 0 Å². The van der Waals surface area contributed by atoms with E-state index in [0.29, 0.717) is 36.6 Å². The van der Waals surface area contributed by atoms with Crippen LogP contribution in [0.2, 0.25) is 0 Å². The Labute approximate surface area is 266 Å². The molecule has 0 spiro atoms. The second-order valence-corrected chi connectivity index (χ2v) is 12.8. The van der Waals surface area contributed by atoms with Crippen LogP contribution in [0.25, 0.3) is 11.1 Å². The third-order valence-electron chi connectivity index (χ3n) is 6.43. The monoisotopic (exact) mass is 617 g/mol. The smallest absolute Gasteiger partial charge is 0.412 e. The van der Waals surface area contributed by atoms with Crippen LogP contribution in [0, 0.1) is 0 Å². The van der Waals surface area contributed by atoms with Gasteiger partial charge in [-0.25, -0.2) is 9.59 Å². The summed E-state index contributed by atoms with van der Waals surface area (Å²) >= 11 is 0. The molecule has 3 N–H and O–H groups in total. The number of ether oxygens (including phenoxy) is 2. The van der Waals surface area contributed by atoms with Crippen molar-refractivity contribution >= 4 is 35.2 Å². The highest BCUT2D eigenvalue weighted by Crippen LogP contribution is 2.30. The molecule has 10 nitrogen and oxygen atoms in total. The van der Waals surface area contributed by atoms with Gasteiger partial charge in [-0.05, 0) is 114 Å². The van der Waals surface area contributed by atoms with Crippen molar-refractivity contribution in [1.82, 2.24) is 9.88 Å². The van der Waals surface area contributed by atoms with Gasteiger partial charge in [-0.2, -0.15) is 0 Å². The largest absolute Gasteiger partial charge is 0.444 e. The van der Waals surface area contributed by atoms with Gasteiger partial charge in [-0.15, -0.1) is 0 Å². The minimum absolute atomic E-state index is 0.290. The molecule has 0 saturated heterocycles. The Kier molecular flexibility index (Phi) is 12.3. The van der Waals surface area contributed by atoms with Crippen molar-refractivity contribution in [2.45, 2.75) is 78.9 Å². The summed E-state index contributed by atoms with van der Waals surface area (Å²) in [4.78, 5) is 44.2. The summed E-state index contributed by atoms with van der Waals surface area (Å²) < 4.78 is 11.0. The van der Waals surface area contributed by atoms with Gasteiger partial charge < -0.3 is 25.0 Å². The lowest BCUT2D eigenvalue weighted by atomic mass is 10.1. The van der Waals surface area contributed by atoms with Gasteiger partial charge in [0, 0.05) is 43.3 Å². The van der Waals surface area contributed by atoms with Gasteiger partial charge in [0.15, 0.2) is 0 Å². The van der Waals surface area contributed by atoms with Gasteiger partial charge >= 0.3 is 12.2 Å². The maximum Gasteiger partial charge on any atom is 0.412 e. The number of carbonyl (C=O) groups excluding carboxylic acids is 3. The van der Waals surface area contributed by atoms with E-state index in [0.717, 1.165) is 36.1 Å². The molecule has 2 aromatic carbocycles. The standard InChI is InChI=1S/C35H47N5O5/c1-8-9-22-40(33(43)45-35(5,6)7)23-10-19-37-28-14-11-26(12-15-28)31(41)38-30-24-27(25-17-20-36-21-18-25)13-16-29(30)39-32(42)44-34(2,3)4/h11-18,20-21,24,37H,8-10,19,22-23H2,1-7H3,(H,38,41)(H,39,42). The number of rotatable bonds is 12. The molecule has 0 aliphatic rings. The summed E-state index contributed by atoms with van der Waals surface area (Å²) in [6, 6.07) is 16.3. The molecular formula is C35H47N5O5. The third-order valence-corrected chi connectivity index (χ3v) is 6.43. The predicted molar refractivity (Wildman–Crippen MR) is 180 cm³/mol. The van der Waals surface area contributed by atoms with Crippen LogP contribution in [0.4, 0.5) is 26.7 Å². The first-order chi connectivity index (χ1) is 21.2. The fraction of sp³-hybridized carbons (Fsp3) is 0.429. The van der Waals surface area contributed by atoms with Crippen LogP contribution < -0.4 is 16.0 Å². The van der Waals surface area contributed by atoms with Crippen molar-refractivity contribution in [2.75, 3.05) is 35.6 Å². The maximum atomic E-state index is 13.3. The number of benzene rings is 2. The van der Waals surface area contributed by atoms with Crippen LogP contribution in [0.1, 0.15) is 78.1 Å². The molecule has 0 aliphatic carbocycles. The number of amides is 3. The van der Waals surface area contributed by atoms with Crippen LogP contribution >= 0.6 is 0 Å². The molecule has 3 amide bonds. The van der Waals surface area contributed by atoms with Crippen molar-refractivity contribution in [1.29, 1.82) is 0 Å². The minimum atomic E-state index is -0.674. The Hall–Kier alpha value is -4.60. The van der Waals surface area contributed by atoms with Gasteiger partial charge in [0.1, 0.15) is 11.2 Å². The summed E-state index contributed by atoms with van der Waals surface area (Å²) in [5.74, 6) is -0.329. The van der Waals surface area contributed by atoms with Crippen molar-refractivity contribution in [2.24, 2.45) is 0 Å². The molecule has 0 radical (unpaired) electrons. The van der Waals surface area contributed by atoms with E-state index in [1.165, 1.54) is 0 Å². The summed E-state index contributed by atoms with van der Waals surface area (Å²) in [7, 11) is 0. The Morgan fingerprint density at radius 3 is 2.02 bits per heavy atom. The SMILES string of the molecule is CCCCN(CCCNc1ccc(C(=O)Nc2cc(-c3ccncc3)ccc2NC(=O)OC(C)(C)C)cc1)C(=O)OC(C)(C)C. The van der Waals surface area contributed by atoms with E-state index < -0.39 is 17.3 Å². The highest BCUT2D eigenvalue weighted by molar-refractivity contribution is 6.07. The second-order valence-electron chi connectivity index (χ2n) is 12.8. The maximum absolute atomic E-state index is 13.3. The lowest BCUT2D eigenvalue weighted by Crippen LogP contribution is -2.38. The molecular weight excluding hydrogens is 570 g/mol. The zero-order valence-electron chi connectivity index (χ0n) is 27.5. The summed E-state index contributed by atoms with van der Waals surface area (Å²) in [5.41, 5.74) is 2.71. The van der Waals surface area contributed by atoms with Gasteiger partial charge in [0.25, 0.3) is 5.91 Å². The number of aromatic nitrogens is 1. The number of pyridine rings is 1. The molecule has 10 heteroatoms. The third kappa shape index (κ3) is 12.1. The second kappa shape index (κ2) is 15.9. The molecule has 0 bridgehead atoms. The number of hydrogen-bond acceptors (Lipinski definition) is 7. The molecule has 242 valence electrons. The summed E-state index contributed by atoms with van der Waals surface area (Å²) in [6.07, 6.45) is 5.13. The average molecular weight is 618 g/mol. The number of hydrogen-bond donors (Lipinski definition) is 3. The van der Waals surface area contributed by atoms with Crippen LogP contribution in [0.15, 0.2) is 67.0 Å². The van der Waals surface area contributed by atoms with E-state index in [9.17, 15) is 14.4 Å². The predicted octanol–water partition coefficient (Wildman–Crippen LogP) is 8.19. The molecule has 0 saturated carbocycles. The first-order valence-electron chi connectivity index (χ1n) is 15.4. The molecule has 1 heterocycles. The Morgan fingerprint density at radius 2 is 1.40 bits per heavy atom. The lowest BCUT2D eigenvalue weighted by Gasteiger charge is -2.27. The zero-order chi connectivity index (χ0) is 33.0. The fourth-order valence-corrected chi connectivity index (χ4v) is 4.30. The van der Waals surface area contributed by atoms with E-state index in [-0.39, 0.29) is 12.0 Å². The van der Waals surface area contributed by atoms with Crippen molar-refractivity contribution in [3.05, 3.63) is 72.6 Å². The van der Waals surface area contributed by atoms with Crippen molar-refractivity contribution < 1.29 is 23.9 Å². The van der Waals surface area contributed by atoms with Gasteiger partial charge in [-0.1, -0.05) is 19.4 Å². The van der Waals surface area contributed by atoms with Crippen molar-refractivity contribution in [3.63, 3.8) is 0 Å². The Balaban J connectivity index is 1.64. The average Bonchev–Trinajstić information content (AvgIpc) is 2.96. The quantitative estimate of drug-likeness (QED) is 0.175. The number of carbonyl (C=O) groups is 3. The summed E-state index contributed by atoms with van der Waals surface area (Å²) in [6.45, 7) is 15.0. The van der Waals surface area contributed by atoms with E-state index in [1.54, 1.807) is 62.3 Å². The topological polar surface area (TPSA) is 122 Å². The first-order valence-corrected chi connectivity index (χ1v) is 15.4. The fourth-order valence-electron chi connectivity index (χ4n) is 4.30. The summed E-state index contributed by atoms with van der Waals surface area (Å²) in [5, 5.41) is 9.04. The van der Waals surface area contributed by atoms with E-state index in [4.69, 9.17) is 9.47 Å². The van der Waals surface area contributed by atoms with E-state index in [2.05, 4.69) is 27.9 Å². The normalized spacial score (nSPS) is 11.4. The number of unbranched alkanes of at least 4 members (excludes halogenated alkanes) is 1. The van der Waals surface area contributed by atoms with Gasteiger partial charge in [0.05, 0.1) is 11.4 Å². The lowest BCUT2D eigenvalue weighted by molar-refractivity contribution is 0.0246. The number of nitrogens with zero attached hydrogens (tertiary/aromatic N) is 2. The first kappa shape index (κ1) is 34.9. The molecule has 0 unspecified atom stereocenters. The van der Waals surface area contributed by atoms with E-state index in [1.807, 2.05) is 51.1 Å². The Morgan fingerprint density at radius 1 is 0.756 bits per heavy atom. The molecule has 45 heavy (non-hydrogen) atoms. The number of anilines is 3. The highest BCUT2D eigenvalue weighted by Gasteiger charge is 2.22. The van der Waals surface area contributed by atoms with Crippen LogP contribution in [-0.4, -0.2) is 58.8 Å².